The first kappa shape index (κ1) is 15.6. The highest BCUT2D eigenvalue weighted by Crippen LogP contribution is 2.12. The molecular weight excluding hydrogens is 267 g/mol. The van der Waals surface area contributed by atoms with Crippen LogP contribution in [-0.2, 0) is 9.59 Å². The van der Waals surface area contributed by atoms with Gasteiger partial charge in [0.25, 0.3) is 0 Å². The molecule has 0 bridgehead atoms. The van der Waals surface area contributed by atoms with Crippen LogP contribution in [-0.4, -0.2) is 23.0 Å². The Morgan fingerprint density at radius 3 is 2.50 bits per heavy atom. The van der Waals surface area contributed by atoms with E-state index in [0.29, 0.717) is 0 Å². The molecule has 0 saturated carbocycles. The molecule has 1 atom stereocenters. The maximum Gasteiger partial charge on any atom is 0.325 e. The molecule has 1 rings (SSSR count). The van der Waals surface area contributed by atoms with Crippen LogP contribution >= 0.6 is 0 Å². The van der Waals surface area contributed by atoms with Crippen molar-refractivity contribution in [2.75, 3.05) is 5.32 Å². The minimum Gasteiger partial charge on any atom is -0.481 e. The molecule has 1 aromatic rings. The summed E-state index contributed by atoms with van der Waals surface area (Å²) in [7, 11) is 0. The Morgan fingerprint density at radius 2 is 1.90 bits per heavy atom. The molecule has 3 amide bonds. The van der Waals surface area contributed by atoms with Gasteiger partial charge >= 0.3 is 12.0 Å². The fourth-order valence-corrected chi connectivity index (χ4v) is 1.58. The Kier molecular flexibility index (Phi) is 5.64. The van der Waals surface area contributed by atoms with E-state index in [9.17, 15) is 18.8 Å². The first-order chi connectivity index (χ1) is 9.38. The number of carboxylic acids is 1. The predicted octanol–water partition coefficient (Wildman–Crippen LogP) is 1.97. The summed E-state index contributed by atoms with van der Waals surface area (Å²) in [6, 6.07) is 4.67. The quantitative estimate of drug-likeness (QED) is 0.769. The summed E-state index contributed by atoms with van der Waals surface area (Å²) in [4.78, 5) is 33.4. The number of urea groups is 1. The van der Waals surface area contributed by atoms with E-state index in [-0.39, 0.29) is 18.5 Å². The molecule has 7 heteroatoms. The van der Waals surface area contributed by atoms with E-state index >= 15 is 0 Å². The molecule has 0 aliphatic rings. The molecule has 0 spiro atoms. The molecule has 0 radical (unpaired) electrons. The van der Waals surface area contributed by atoms with Crippen molar-refractivity contribution in [3.63, 3.8) is 0 Å². The Labute approximate surface area is 115 Å². The lowest BCUT2D eigenvalue weighted by Gasteiger charge is -2.10. The zero-order chi connectivity index (χ0) is 15.1. The van der Waals surface area contributed by atoms with Gasteiger partial charge in [-0.05, 0) is 18.1 Å². The van der Waals surface area contributed by atoms with E-state index in [1.54, 1.807) is 6.92 Å². The molecule has 1 aromatic carbocycles. The molecule has 0 fully saturated rings. The first-order valence-corrected chi connectivity index (χ1v) is 5.95. The summed E-state index contributed by atoms with van der Waals surface area (Å²) < 4.78 is 13.2. The average molecular weight is 282 g/mol. The van der Waals surface area contributed by atoms with Crippen LogP contribution in [0.25, 0.3) is 0 Å². The lowest BCUT2D eigenvalue weighted by Crippen LogP contribution is -2.35. The number of hydrogen-bond acceptors (Lipinski definition) is 3. The van der Waals surface area contributed by atoms with Gasteiger partial charge in [-0.2, -0.15) is 0 Å². The number of para-hydroxylation sites is 1. The number of halogens is 1. The standard InChI is InChI=1S/C13H15FN2O4/c1-8(7-12(18)19)6-11(17)16-13(20)15-10-5-3-2-4-9(10)14/h2-5,8H,6-7H2,1H3,(H,18,19)(H2,15,16,17,20). The summed E-state index contributed by atoms with van der Waals surface area (Å²) in [6.45, 7) is 1.59. The van der Waals surface area contributed by atoms with Crippen molar-refractivity contribution in [3.05, 3.63) is 30.1 Å². The molecule has 108 valence electrons. The second kappa shape index (κ2) is 7.22. The zero-order valence-electron chi connectivity index (χ0n) is 10.9. The molecular formula is C13H15FN2O4. The SMILES string of the molecule is CC(CC(=O)O)CC(=O)NC(=O)Nc1ccccc1F. The van der Waals surface area contributed by atoms with Crippen LogP contribution < -0.4 is 10.6 Å². The van der Waals surface area contributed by atoms with Gasteiger partial charge in [0.05, 0.1) is 5.69 Å². The molecule has 0 aliphatic carbocycles. The highest BCUT2D eigenvalue weighted by Gasteiger charge is 2.15. The van der Waals surface area contributed by atoms with Crippen LogP contribution in [0.5, 0.6) is 0 Å². The summed E-state index contributed by atoms with van der Waals surface area (Å²) in [5, 5.41) is 12.8. The van der Waals surface area contributed by atoms with Crippen molar-refractivity contribution in [2.45, 2.75) is 19.8 Å². The minimum absolute atomic E-state index is 0.0450. The number of aliphatic carboxylic acids is 1. The van der Waals surface area contributed by atoms with E-state index in [1.165, 1.54) is 24.3 Å². The predicted molar refractivity (Wildman–Crippen MR) is 69.6 cm³/mol. The summed E-state index contributed by atoms with van der Waals surface area (Å²) in [5.74, 6) is -2.64. The van der Waals surface area contributed by atoms with Gasteiger partial charge in [-0.15, -0.1) is 0 Å². The van der Waals surface area contributed by atoms with Gasteiger partial charge in [0.15, 0.2) is 0 Å². The molecule has 6 nitrogen and oxygen atoms in total. The number of carboxylic acid groups (broad SMARTS) is 1. The van der Waals surface area contributed by atoms with Gasteiger partial charge < -0.3 is 10.4 Å². The average Bonchev–Trinajstić information content (AvgIpc) is 2.30. The minimum atomic E-state index is -1.01. The van der Waals surface area contributed by atoms with Crippen LogP contribution in [0.15, 0.2) is 24.3 Å². The van der Waals surface area contributed by atoms with Crippen molar-refractivity contribution in [3.8, 4) is 0 Å². The smallest absolute Gasteiger partial charge is 0.325 e. The molecule has 0 saturated heterocycles. The Hall–Kier alpha value is -2.44. The highest BCUT2D eigenvalue weighted by atomic mass is 19.1. The van der Waals surface area contributed by atoms with Crippen molar-refractivity contribution in [1.82, 2.24) is 5.32 Å². The van der Waals surface area contributed by atoms with E-state index < -0.39 is 29.6 Å². The van der Waals surface area contributed by atoms with Gasteiger partial charge in [0.2, 0.25) is 5.91 Å². The van der Waals surface area contributed by atoms with Gasteiger partial charge in [0, 0.05) is 12.8 Å². The van der Waals surface area contributed by atoms with Crippen LogP contribution in [0.4, 0.5) is 14.9 Å². The Balaban J connectivity index is 2.44. The fraction of sp³-hybridized carbons (Fsp3) is 0.308. The van der Waals surface area contributed by atoms with Crippen molar-refractivity contribution >= 4 is 23.6 Å². The van der Waals surface area contributed by atoms with E-state index in [1.807, 2.05) is 5.32 Å². The summed E-state index contributed by atoms with van der Waals surface area (Å²) >= 11 is 0. The second-order valence-electron chi connectivity index (χ2n) is 4.39. The van der Waals surface area contributed by atoms with Crippen LogP contribution in [0, 0.1) is 11.7 Å². The van der Waals surface area contributed by atoms with Gasteiger partial charge in [-0.1, -0.05) is 19.1 Å². The van der Waals surface area contributed by atoms with Gasteiger partial charge in [0.1, 0.15) is 5.82 Å². The summed E-state index contributed by atoms with van der Waals surface area (Å²) in [6.07, 6.45) is -0.265. The Morgan fingerprint density at radius 1 is 1.25 bits per heavy atom. The van der Waals surface area contributed by atoms with E-state index in [2.05, 4.69) is 5.32 Å². The lowest BCUT2D eigenvalue weighted by molar-refractivity contribution is -0.138. The highest BCUT2D eigenvalue weighted by molar-refractivity contribution is 6.01. The third kappa shape index (κ3) is 5.47. The molecule has 1 unspecified atom stereocenters. The first-order valence-electron chi connectivity index (χ1n) is 5.95. The van der Waals surface area contributed by atoms with Crippen molar-refractivity contribution in [1.29, 1.82) is 0 Å². The third-order valence-corrected chi connectivity index (χ3v) is 2.43. The number of anilines is 1. The van der Waals surface area contributed by atoms with Crippen molar-refractivity contribution < 1.29 is 23.9 Å². The zero-order valence-corrected chi connectivity index (χ0v) is 10.9. The number of nitrogens with one attached hydrogen (secondary N) is 2. The maximum absolute atomic E-state index is 13.2. The van der Waals surface area contributed by atoms with E-state index in [0.717, 1.165) is 0 Å². The monoisotopic (exact) mass is 282 g/mol. The molecule has 0 heterocycles. The third-order valence-electron chi connectivity index (χ3n) is 2.43. The molecule has 0 aromatic heterocycles. The number of benzene rings is 1. The van der Waals surface area contributed by atoms with E-state index in [4.69, 9.17) is 5.11 Å². The number of carbonyl (C=O) groups excluding carboxylic acids is 2. The number of hydrogen-bond donors (Lipinski definition) is 3. The van der Waals surface area contributed by atoms with Crippen LogP contribution in [0.2, 0.25) is 0 Å². The topological polar surface area (TPSA) is 95.5 Å². The molecule has 3 N–H and O–H groups in total. The molecule has 0 aliphatic heterocycles. The number of carbonyl (C=O) groups is 3. The lowest BCUT2D eigenvalue weighted by atomic mass is 10.0. The van der Waals surface area contributed by atoms with Crippen LogP contribution in [0.1, 0.15) is 19.8 Å². The normalized spacial score (nSPS) is 11.5. The maximum atomic E-state index is 13.2. The number of rotatable bonds is 5. The Bertz CT molecular complexity index is 519. The van der Waals surface area contributed by atoms with Gasteiger partial charge in [-0.25, -0.2) is 9.18 Å². The summed E-state index contributed by atoms with van der Waals surface area (Å²) in [5.41, 5.74) is -0.0450. The van der Waals surface area contributed by atoms with Gasteiger partial charge in [-0.3, -0.25) is 14.9 Å². The number of imide groups is 1. The largest absolute Gasteiger partial charge is 0.481 e. The second-order valence-corrected chi connectivity index (χ2v) is 4.39. The van der Waals surface area contributed by atoms with Crippen LogP contribution in [0.3, 0.4) is 0 Å². The number of amides is 3. The fourth-order valence-electron chi connectivity index (χ4n) is 1.58. The van der Waals surface area contributed by atoms with Crippen molar-refractivity contribution in [2.24, 2.45) is 5.92 Å². The molecule has 20 heavy (non-hydrogen) atoms.